The van der Waals surface area contributed by atoms with E-state index in [1.54, 1.807) is 41.5 Å². The molecule has 104 valence electrons. The molecule has 5 heteroatoms. The molecule has 0 rings (SSSR count). The van der Waals surface area contributed by atoms with Crippen LogP contribution in [0.4, 0.5) is 4.79 Å². The highest BCUT2D eigenvalue weighted by molar-refractivity contribution is 5.83. The lowest BCUT2D eigenvalue weighted by atomic mass is 10.2. The maximum Gasteiger partial charge on any atom is 0.408 e. The standard InChI is InChI=1S/C13H23NO4/c1-8-9(10(15)17-12(2,3)4)14-11(16)18-13(5,6)7/h8-9H,1H2,2-7H3,(H,14,16)/t9-/m0/s1. The van der Waals surface area contributed by atoms with Crippen molar-refractivity contribution in [2.24, 2.45) is 0 Å². The van der Waals surface area contributed by atoms with Crippen LogP contribution in [0, 0.1) is 0 Å². The predicted molar refractivity (Wildman–Crippen MR) is 69.2 cm³/mol. The molecule has 0 aromatic rings. The summed E-state index contributed by atoms with van der Waals surface area (Å²) in [7, 11) is 0. The lowest BCUT2D eigenvalue weighted by molar-refractivity contribution is -0.156. The van der Waals surface area contributed by atoms with Crippen molar-refractivity contribution in [1.29, 1.82) is 0 Å². The number of amides is 1. The summed E-state index contributed by atoms with van der Waals surface area (Å²) < 4.78 is 10.2. The van der Waals surface area contributed by atoms with Crippen LogP contribution in [-0.4, -0.2) is 29.3 Å². The van der Waals surface area contributed by atoms with Gasteiger partial charge in [-0.05, 0) is 41.5 Å². The highest BCUT2D eigenvalue weighted by Gasteiger charge is 2.26. The molecule has 1 N–H and O–H groups in total. The molecule has 0 fully saturated rings. The number of esters is 1. The van der Waals surface area contributed by atoms with Gasteiger partial charge in [0.05, 0.1) is 0 Å². The van der Waals surface area contributed by atoms with E-state index in [1.165, 1.54) is 6.08 Å². The van der Waals surface area contributed by atoms with Gasteiger partial charge in [-0.1, -0.05) is 6.08 Å². The average Bonchev–Trinajstić information content (AvgIpc) is 2.07. The van der Waals surface area contributed by atoms with Crippen LogP contribution in [0.2, 0.25) is 0 Å². The second-order valence-electron chi connectivity index (χ2n) is 5.89. The minimum Gasteiger partial charge on any atom is -0.458 e. The third-order valence-electron chi connectivity index (χ3n) is 1.57. The van der Waals surface area contributed by atoms with Crippen LogP contribution in [0.15, 0.2) is 12.7 Å². The largest absolute Gasteiger partial charge is 0.458 e. The molecule has 5 nitrogen and oxygen atoms in total. The molecule has 0 radical (unpaired) electrons. The van der Waals surface area contributed by atoms with Crippen molar-refractivity contribution in [3.05, 3.63) is 12.7 Å². The lowest BCUT2D eigenvalue weighted by Crippen LogP contribution is -2.44. The molecule has 0 saturated heterocycles. The van der Waals surface area contributed by atoms with E-state index in [-0.39, 0.29) is 0 Å². The van der Waals surface area contributed by atoms with Gasteiger partial charge in [0, 0.05) is 0 Å². The molecule has 0 aliphatic rings. The van der Waals surface area contributed by atoms with Crippen molar-refractivity contribution in [2.75, 3.05) is 0 Å². The van der Waals surface area contributed by atoms with Crippen LogP contribution >= 0.6 is 0 Å². The van der Waals surface area contributed by atoms with E-state index < -0.39 is 29.3 Å². The van der Waals surface area contributed by atoms with Crippen molar-refractivity contribution < 1.29 is 19.1 Å². The smallest absolute Gasteiger partial charge is 0.408 e. The Kier molecular flexibility index (Phi) is 5.39. The van der Waals surface area contributed by atoms with Gasteiger partial charge in [-0.3, -0.25) is 0 Å². The summed E-state index contributed by atoms with van der Waals surface area (Å²) in [6.45, 7) is 14.0. The van der Waals surface area contributed by atoms with Gasteiger partial charge < -0.3 is 14.8 Å². The van der Waals surface area contributed by atoms with Crippen molar-refractivity contribution in [2.45, 2.75) is 58.8 Å². The van der Waals surface area contributed by atoms with Crippen LogP contribution in [0.5, 0.6) is 0 Å². The Labute approximate surface area is 109 Å². The SMILES string of the molecule is C=C[C@H](NC(=O)OC(C)(C)C)C(=O)OC(C)(C)C. The monoisotopic (exact) mass is 257 g/mol. The van der Waals surface area contributed by atoms with Crippen LogP contribution in [0.1, 0.15) is 41.5 Å². The minimum atomic E-state index is -0.918. The number of nitrogens with one attached hydrogen (secondary N) is 1. The van der Waals surface area contributed by atoms with Crippen molar-refractivity contribution >= 4 is 12.1 Å². The molecule has 18 heavy (non-hydrogen) atoms. The Balaban J connectivity index is 4.48. The third kappa shape index (κ3) is 7.70. The van der Waals surface area contributed by atoms with E-state index in [0.717, 1.165) is 0 Å². The van der Waals surface area contributed by atoms with Gasteiger partial charge >= 0.3 is 12.1 Å². The van der Waals surface area contributed by atoms with Gasteiger partial charge in [0.15, 0.2) is 0 Å². The first-order valence-electron chi connectivity index (χ1n) is 5.79. The van der Waals surface area contributed by atoms with E-state index in [2.05, 4.69) is 11.9 Å². The van der Waals surface area contributed by atoms with E-state index in [1.807, 2.05) is 0 Å². The summed E-state index contributed by atoms with van der Waals surface area (Å²) in [6.07, 6.45) is 0.621. The predicted octanol–water partition coefficient (Wildman–Crippen LogP) is 2.41. The molecular weight excluding hydrogens is 234 g/mol. The molecule has 0 unspecified atom stereocenters. The molecule has 0 saturated carbocycles. The van der Waals surface area contributed by atoms with Gasteiger partial charge in [0.2, 0.25) is 0 Å². The number of hydrogen-bond donors (Lipinski definition) is 1. The normalized spacial score (nSPS) is 13.4. The first-order chi connectivity index (χ1) is 7.94. The number of alkyl carbamates (subject to hydrolysis) is 1. The Hall–Kier alpha value is -1.52. The molecule has 0 bridgehead atoms. The fourth-order valence-corrected chi connectivity index (χ4v) is 1.01. The van der Waals surface area contributed by atoms with Gasteiger partial charge in [0.1, 0.15) is 17.2 Å². The van der Waals surface area contributed by atoms with E-state index in [9.17, 15) is 9.59 Å². The Bertz CT molecular complexity index is 323. The number of ether oxygens (including phenoxy) is 2. The zero-order chi connectivity index (χ0) is 14.6. The van der Waals surface area contributed by atoms with Crippen LogP contribution in [0.25, 0.3) is 0 Å². The van der Waals surface area contributed by atoms with Crippen molar-refractivity contribution in [3.63, 3.8) is 0 Å². The first kappa shape index (κ1) is 16.5. The summed E-state index contributed by atoms with van der Waals surface area (Å²) in [5.74, 6) is -0.566. The fraction of sp³-hybridized carbons (Fsp3) is 0.692. The highest BCUT2D eigenvalue weighted by atomic mass is 16.6. The molecule has 1 atom stereocenters. The Morgan fingerprint density at radius 3 is 1.83 bits per heavy atom. The highest BCUT2D eigenvalue weighted by Crippen LogP contribution is 2.10. The second-order valence-corrected chi connectivity index (χ2v) is 5.89. The second kappa shape index (κ2) is 5.89. The lowest BCUT2D eigenvalue weighted by Gasteiger charge is -2.24. The number of carbonyl (C=O) groups is 2. The van der Waals surface area contributed by atoms with E-state index >= 15 is 0 Å². The number of rotatable bonds is 3. The van der Waals surface area contributed by atoms with Crippen molar-refractivity contribution in [3.8, 4) is 0 Å². The molecule has 0 aliphatic carbocycles. The van der Waals surface area contributed by atoms with Crippen LogP contribution in [0.3, 0.4) is 0 Å². The summed E-state index contributed by atoms with van der Waals surface area (Å²) in [5, 5.41) is 2.39. The molecule has 0 aromatic heterocycles. The summed E-state index contributed by atoms with van der Waals surface area (Å²) in [5.41, 5.74) is -1.24. The maximum absolute atomic E-state index is 11.7. The van der Waals surface area contributed by atoms with Gasteiger partial charge in [-0.2, -0.15) is 0 Å². The molecule has 0 heterocycles. The van der Waals surface area contributed by atoms with Crippen LogP contribution in [-0.2, 0) is 14.3 Å². The molecule has 0 aliphatic heterocycles. The maximum atomic E-state index is 11.7. The molecule has 1 amide bonds. The molecular formula is C13H23NO4. The zero-order valence-corrected chi connectivity index (χ0v) is 12.0. The molecule has 0 aromatic carbocycles. The average molecular weight is 257 g/mol. The summed E-state index contributed by atoms with van der Waals surface area (Å²) >= 11 is 0. The first-order valence-corrected chi connectivity index (χ1v) is 5.79. The fourth-order valence-electron chi connectivity index (χ4n) is 1.01. The minimum absolute atomic E-state index is 0.566. The van der Waals surface area contributed by atoms with E-state index in [4.69, 9.17) is 9.47 Å². The van der Waals surface area contributed by atoms with Gasteiger partial charge in [-0.25, -0.2) is 9.59 Å². The van der Waals surface area contributed by atoms with Gasteiger partial charge in [-0.15, -0.1) is 6.58 Å². The third-order valence-corrected chi connectivity index (χ3v) is 1.57. The summed E-state index contributed by atoms with van der Waals surface area (Å²) in [6, 6.07) is -0.918. The Morgan fingerprint density at radius 1 is 1.06 bits per heavy atom. The summed E-state index contributed by atoms with van der Waals surface area (Å²) in [4.78, 5) is 23.2. The Morgan fingerprint density at radius 2 is 1.50 bits per heavy atom. The van der Waals surface area contributed by atoms with Crippen LogP contribution < -0.4 is 5.32 Å². The number of hydrogen-bond acceptors (Lipinski definition) is 4. The quantitative estimate of drug-likeness (QED) is 0.623. The topological polar surface area (TPSA) is 64.6 Å². The van der Waals surface area contributed by atoms with Gasteiger partial charge in [0.25, 0.3) is 0 Å². The zero-order valence-electron chi connectivity index (χ0n) is 12.0. The van der Waals surface area contributed by atoms with Crippen molar-refractivity contribution in [1.82, 2.24) is 5.32 Å². The van der Waals surface area contributed by atoms with E-state index in [0.29, 0.717) is 0 Å². The number of carbonyl (C=O) groups excluding carboxylic acids is 2. The molecule has 0 spiro atoms.